The zero-order valence-corrected chi connectivity index (χ0v) is 14.2. The zero-order valence-electron chi connectivity index (χ0n) is 14.2. The lowest BCUT2D eigenvalue weighted by Gasteiger charge is -2.32. The molecule has 0 amide bonds. The highest BCUT2D eigenvalue weighted by atomic mass is 16.2. The molecule has 0 atom stereocenters. The van der Waals surface area contributed by atoms with Crippen molar-refractivity contribution in [2.75, 3.05) is 6.61 Å². The average molecular weight is 286 g/mol. The fourth-order valence-electron chi connectivity index (χ4n) is 2.84. The largest absolute Gasteiger partial charge is 0.392 e. The fraction of sp³-hybridized carbons (Fsp3) is 0.500. The van der Waals surface area contributed by atoms with Gasteiger partial charge in [-0.05, 0) is 51.0 Å². The maximum Gasteiger partial charge on any atom is 0.0617 e. The van der Waals surface area contributed by atoms with Crippen LogP contribution in [0.1, 0.15) is 53.9 Å². The Kier molecular flexibility index (Phi) is 6.91. The van der Waals surface area contributed by atoms with E-state index >= 15 is 0 Å². The summed E-state index contributed by atoms with van der Waals surface area (Å²) in [6.45, 7) is 11.2. The monoisotopic (exact) mass is 286 g/mol. The van der Waals surface area contributed by atoms with Gasteiger partial charge in [-0.3, -0.25) is 0 Å². The van der Waals surface area contributed by atoms with Crippen LogP contribution in [0.4, 0.5) is 0 Å². The molecule has 0 radical (unpaired) electrons. The van der Waals surface area contributed by atoms with Gasteiger partial charge in [0, 0.05) is 0 Å². The number of rotatable bonds is 5. The number of hydrogen-bond acceptors (Lipinski definition) is 1. The molecule has 0 spiro atoms. The molecule has 1 aliphatic carbocycles. The van der Waals surface area contributed by atoms with Gasteiger partial charge in [0.15, 0.2) is 0 Å². The first-order valence-corrected chi connectivity index (χ1v) is 7.87. The van der Waals surface area contributed by atoms with Crippen LogP contribution in [0.3, 0.4) is 0 Å². The van der Waals surface area contributed by atoms with E-state index < -0.39 is 0 Å². The predicted molar refractivity (Wildman–Crippen MR) is 93.2 cm³/mol. The van der Waals surface area contributed by atoms with Crippen LogP contribution in [-0.2, 0) is 0 Å². The van der Waals surface area contributed by atoms with Gasteiger partial charge in [-0.25, -0.2) is 0 Å². The van der Waals surface area contributed by atoms with Gasteiger partial charge >= 0.3 is 0 Å². The molecule has 116 valence electrons. The van der Waals surface area contributed by atoms with Crippen LogP contribution in [0.25, 0.3) is 0 Å². The Hall–Kier alpha value is -1.34. The summed E-state index contributed by atoms with van der Waals surface area (Å²) in [5, 5.41) is 8.81. The molecule has 0 fully saturated rings. The number of allylic oxidation sites excluding steroid dienone is 9. The zero-order chi connectivity index (χ0) is 15.9. The first kappa shape index (κ1) is 17.7. The molecular weight excluding hydrogens is 256 g/mol. The molecule has 0 aromatic carbocycles. The van der Waals surface area contributed by atoms with Crippen molar-refractivity contribution in [3.05, 3.63) is 58.7 Å². The predicted octanol–water partition coefficient (Wildman–Crippen LogP) is 5.51. The van der Waals surface area contributed by atoms with E-state index in [1.165, 1.54) is 36.0 Å². The van der Waals surface area contributed by atoms with Gasteiger partial charge in [0.1, 0.15) is 0 Å². The number of aliphatic hydroxyl groups is 1. The van der Waals surface area contributed by atoms with E-state index in [1.807, 2.05) is 19.1 Å². The first-order valence-electron chi connectivity index (χ1n) is 7.87. The molecule has 1 heteroatoms. The summed E-state index contributed by atoms with van der Waals surface area (Å²) in [5.74, 6) is 0. The van der Waals surface area contributed by atoms with Gasteiger partial charge in [0.05, 0.1) is 6.61 Å². The Balaban J connectivity index is 2.78. The molecule has 0 bridgehead atoms. The Labute approximate surface area is 130 Å². The minimum absolute atomic E-state index is 0.0985. The molecule has 1 aliphatic rings. The second-order valence-corrected chi connectivity index (χ2v) is 6.67. The van der Waals surface area contributed by atoms with Gasteiger partial charge in [-0.2, -0.15) is 0 Å². The van der Waals surface area contributed by atoms with Crippen molar-refractivity contribution in [2.24, 2.45) is 5.41 Å². The van der Waals surface area contributed by atoms with Crippen molar-refractivity contribution >= 4 is 0 Å². The average Bonchev–Trinajstić information content (AvgIpc) is 2.37. The van der Waals surface area contributed by atoms with Crippen LogP contribution in [0.5, 0.6) is 0 Å². The molecule has 0 saturated heterocycles. The van der Waals surface area contributed by atoms with E-state index in [9.17, 15) is 0 Å². The second kappa shape index (κ2) is 8.19. The molecule has 0 saturated carbocycles. The van der Waals surface area contributed by atoms with E-state index in [-0.39, 0.29) is 6.61 Å². The summed E-state index contributed by atoms with van der Waals surface area (Å²) >= 11 is 0. The van der Waals surface area contributed by atoms with Crippen molar-refractivity contribution in [1.82, 2.24) is 0 Å². The molecule has 0 heterocycles. The molecule has 0 aliphatic heterocycles. The third-order valence-electron chi connectivity index (χ3n) is 4.19. The third-order valence-corrected chi connectivity index (χ3v) is 4.19. The lowest BCUT2D eigenvalue weighted by molar-refractivity contribution is 0.342. The minimum atomic E-state index is 0.0985. The smallest absolute Gasteiger partial charge is 0.0617 e. The molecule has 1 nitrogen and oxygen atoms in total. The van der Waals surface area contributed by atoms with E-state index in [0.29, 0.717) is 5.41 Å². The van der Waals surface area contributed by atoms with Crippen LogP contribution in [0, 0.1) is 5.41 Å². The normalized spacial score (nSPS) is 20.9. The van der Waals surface area contributed by atoms with Gasteiger partial charge in [-0.1, -0.05) is 67.0 Å². The highest BCUT2D eigenvalue weighted by molar-refractivity contribution is 5.37. The molecular formula is C20H30O. The highest BCUT2D eigenvalue weighted by Crippen LogP contribution is 2.40. The van der Waals surface area contributed by atoms with Gasteiger partial charge in [-0.15, -0.1) is 0 Å². The summed E-state index contributed by atoms with van der Waals surface area (Å²) < 4.78 is 0. The summed E-state index contributed by atoms with van der Waals surface area (Å²) in [6, 6.07) is 0. The lowest BCUT2D eigenvalue weighted by atomic mass is 9.72. The quantitative estimate of drug-likeness (QED) is 0.661. The maximum absolute atomic E-state index is 8.81. The van der Waals surface area contributed by atoms with Crippen LogP contribution in [0.15, 0.2) is 58.7 Å². The molecule has 0 unspecified atom stereocenters. The van der Waals surface area contributed by atoms with Gasteiger partial charge in [0.25, 0.3) is 0 Å². The van der Waals surface area contributed by atoms with E-state index in [1.54, 1.807) is 6.08 Å². The minimum Gasteiger partial charge on any atom is -0.392 e. The summed E-state index contributed by atoms with van der Waals surface area (Å²) in [5.41, 5.74) is 5.66. The van der Waals surface area contributed by atoms with Crippen LogP contribution >= 0.6 is 0 Å². The second-order valence-electron chi connectivity index (χ2n) is 6.67. The molecule has 0 aromatic heterocycles. The lowest BCUT2D eigenvalue weighted by Crippen LogP contribution is -2.19. The summed E-state index contributed by atoms with van der Waals surface area (Å²) in [7, 11) is 0. The summed E-state index contributed by atoms with van der Waals surface area (Å²) in [6.07, 6.45) is 16.3. The molecule has 21 heavy (non-hydrogen) atoms. The standard InChI is InChI=1S/C20H30O/c1-16(8-6-9-17(2)13-15-21)11-12-19-18(3)10-7-14-20(19,4)5/h6,8-9,11-13,21H,7,10,14-15H2,1-5H3/b9-6?,12-11+,16-8?,17-13?. The third kappa shape index (κ3) is 5.89. The maximum atomic E-state index is 8.81. The molecule has 1 N–H and O–H groups in total. The highest BCUT2D eigenvalue weighted by Gasteiger charge is 2.26. The first-order chi connectivity index (χ1) is 9.86. The van der Waals surface area contributed by atoms with Crippen molar-refractivity contribution < 1.29 is 5.11 Å². The summed E-state index contributed by atoms with van der Waals surface area (Å²) in [4.78, 5) is 0. The topological polar surface area (TPSA) is 20.2 Å². The fourth-order valence-corrected chi connectivity index (χ4v) is 2.84. The molecule has 0 aromatic rings. The van der Waals surface area contributed by atoms with Crippen molar-refractivity contribution in [3.8, 4) is 0 Å². The molecule has 1 rings (SSSR count). The Morgan fingerprint density at radius 2 is 1.90 bits per heavy atom. The van der Waals surface area contributed by atoms with Crippen LogP contribution < -0.4 is 0 Å². The van der Waals surface area contributed by atoms with Gasteiger partial charge in [0.2, 0.25) is 0 Å². The van der Waals surface area contributed by atoms with Crippen molar-refractivity contribution in [2.45, 2.75) is 53.9 Å². The van der Waals surface area contributed by atoms with E-state index in [4.69, 9.17) is 5.11 Å². The van der Waals surface area contributed by atoms with E-state index in [2.05, 4.69) is 45.9 Å². The van der Waals surface area contributed by atoms with Crippen LogP contribution in [0.2, 0.25) is 0 Å². The Morgan fingerprint density at radius 3 is 2.52 bits per heavy atom. The van der Waals surface area contributed by atoms with E-state index in [0.717, 1.165) is 5.57 Å². The number of hydrogen-bond donors (Lipinski definition) is 1. The van der Waals surface area contributed by atoms with Gasteiger partial charge < -0.3 is 5.11 Å². The number of aliphatic hydroxyl groups excluding tert-OH is 1. The van der Waals surface area contributed by atoms with Crippen molar-refractivity contribution in [1.29, 1.82) is 0 Å². The SMILES string of the molecule is CC(C=CC=C(C)/C=C/C1=C(C)CCCC1(C)C)=CCO. The van der Waals surface area contributed by atoms with Crippen LogP contribution in [-0.4, -0.2) is 11.7 Å². The Morgan fingerprint density at radius 1 is 1.19 bits per heavy atom. The van der Waals surface area contributed by atoms with Crippen molar-refractivity contribution in [3.63, 3.8) is 0 Å². The Bertz CT molecular complexity index is 496.